The summed E-state index contributed by atoms with van der Waals surface area (Å²) in [5.41, 5.74) is 2.60. The van der Waals surface area contributed by atoms with Gasteiger partial charge < -0.3 is 4.74 Å². The molecule has 0 amide bonds. The zero-order valence-electron chi connectivity index (χ0n) is 12.5. The standard InChI is InChI=1S/C20H16FNO/c21-18-11-12-19(22-14-16-7-3-1-4-8-16)20(13-18)23-15-17-9-5-2-6-10-17/h1-14H,15H2. The molecule has 3 aromatic rings. The van der Waals surface area contributed by atoms with E-state index in [2.05, 4.69) is 4.99 Å². The predicted octanol–water partition coefficient (Wildman–Crippen LogP) is 5.16. The Bertz CT molecular complexity index is 785. The van der Waals surface area contributed by atoms with Gasteiger partial charge in [0.15, 0.2) is 0 Å². The topological polar surface area (TPSA) is 21.6 Å². The Balaban J connectivity index is 1.79. The number of rotatable bonds is 5. The van der Waals surface area contributed by atoms with E-state index in [0.29, 0.717) is 18.0 Å². The van der Waals surface area contributed by atoms with Gasteiger partial charge in [0.1, 0.15) is 23.9 Å². The average molecular weight is 305 g/mol. The fourth-order valence-corrected chi connectivity index (χ4v) is 2.13. The van der Waals surface area contributed by atoms with Gasteiger partial charge in [0.2, 0.25) is 0 Å². The summed E-state index contributed by atoms with van der Waals surface area (Å²) in [6, 6.07) is 23.9. The Kier molecular flexibility index (Phi) is 4.79. The largest absolute Gasteiger partial charge is 0.487 e. The molecule has 0 heterocycles. The highest BCUT2D eigenvalue weighted by Crippen LogP contribution is 2.29. The fraction of sp³-hybridized carbons (Fsp3) is 0.0500. The van der Waals surface area contributed by atoms with Crippen molar-refractivity contribution in [1.29, 1.82) is 0 Å². The minimum absolute atomic E-state index is 0.341. The number of aliphatic imine (C=N–C) groups is 1. The first-order valence-corrected chi connectivity index (χ1v) is 7.37. The number of hydrogen-bond acceptors (Lipinski definition) is 2. The van der Waals surface area contributed by atoms with Crippen LogP contribution in [-0.4, -0.2) is 6.21 Å². The van der Waals surface area contributed by atoms with Gasteiger partial charge in [-0.1, -0.05) is 60.7 Å². The van der Waals surface area contributed by atoms with Crippen molar-refractivity contribution in [2.24, 2.45) is 4.99 Å². The maximum absolute atomic E-state index is 13.5. The highest BCUT2D eigenvalue weighted by atomic mass is 19.1. The molecule has 0 atom stereocenters. The van der Waals surface area contributed by atoms with Crippen LogP contribution >= 0.6 is 0 Å². The molecule has 0 aromatic heterocycles. The van der Waals surface area contributed by atoms with Gasteiger partial charge in [0.25, 0.3) is 0 Å². The van der Waals surface area contributed by atoms with Crippen molar-refractivity contribution in [1.82, 2.24) is 0 Å². The van der Waals surface area contributed by atoms with E-state index in [0.717, 1.165) is 11.1 Å². The first-order valence-electron chi connectivity index (χ1n) is 7.37. The summed E-state index contributed by atoms with van der Waals surface area (Å²) in [7, 11) is 0. The van der Waals surface area contributed by atoms with Crippen molar-refractivity contribution in [3.05, 3.63) is 95.8 Å². The van der Waals surface area contributed by atoms with Crippen molar-refractivity contribution in [3.63, 3.8) is 0 Å². The summed E-state index contributed by atoms with van der Waals surface area (Å²) >= 11 is 0. The zero-order valence-corrected chi connectivity index (χ0v) is 12.5. The van der Waals surface area contributed by atoms with Crippen LogP contribution in [0.2, 0.25) is 0 Å². The van der Waals surface area contributed by atoms with E-state index in [1.807, 2.05) is 60.7 Å². The van der Waals surface area contributed by atoms with E-state index in [4.69, 9.17) is 4.74 Å². The molecule has 3 heteroatoms. The van der Waals surface area contributed by atoms with E-state index < -0.39 is 0 Å². The molecule has 0 aliphatic heterocycles. The van der Waals surface area contributed by atoms with Gasteiger partial charge in [-0.05, 0) is 23.3 Å². The lowest BCUT2D eigenvalue weighted by Gasteiger charge is -2.09. The lowest BCUT2D eigenvalue weighted by Crippen LogP contribution is -1.96. The van der Waals surface area contributed by atoms with E-state index in [1.165, 1.54) is 12.1 Å². The Morgan fingerprint density at radius 1 is 0.870 bits per heavy atom. The first kappa shape index (κ1) is 15.0. The van der Waals surface area contributed by atoms with Crippen LogP contribution in [0.1, 0.15) is 11.1 Å². The van der Waals surface area contributed by atoms with E-state index in [1.54, 1.807) is 12.3 Å². The van der Waals surface area contributed by atoms with Crippen molar-refractivity contribution in [2.45, 2.75) is 6.61 Å². The maximum Gasteiger partial charge on any atom is 0.148 e. The second-order valence-corrected chi connectivity index (χ2v) is 5.06. The maximum atomic E-state index is 13.5. The van der Waals surface area contributed by atoms with Crippen LogP contribution in [0.4, 0.5) is 10.1 Å². The molecule has 0 N–H and O–H groups in total. The molecule has 0 spiro atoms. The second kappa shape index (κ2) is 7.36. The summed E-state index contributed by atoms with van der Waals surface area (Å²) in [4.78, 5) is 4.41. The number of nitrogens with zero attached hydrogens (tertiary/aromatic N) is 1. The van der Waals surface area contributed by atoms with Gasteiger partial charge >= 0.3 is 0 Å². The zero-order chi connectivity index (χ0) is 15.9. The van der Waals surface area contributed by atoms with Crippen LogP contribution in [0.5, 0.6) is 5.75 Å². The minimum atomic E-state index is -0.341. The Morgan fingerprint density at radius 2 is 1.57 bits per heavy atom. The number of halogens is 1. The van der Waals surface area contributed by atoms with Crippen molar-refractivity contribution < 1.29 is 9.13 Å². The summed E-state index contributed by atoms with van der Waals surface area (Å²) in [6.45, 7) is 0.373. The van der Waals surface area contributed by atoms with Crippen LogP contribution in [0.25, 0.3) is 0 Å². The van der Waals surface area contributed by atoms with Crippen LogP contribution in [-0.2, 0) is 6.61 Å². The lowest BCUT2D eigenvalue weighted by atomic mass is 10.2. The van der Waals surface area contributed by atoms with E-state index >= 15 is 0 Å². The second-order valence-electron chi connectivity index (χ2n) is 5.06. The molecule has 0 unspecified atom stereocenters. The number of hydrogen-bond donors (Lipinski definition) is 0. The molecule has 3 rings (SSSR count). The molecule has 3 aromatic carbocycles. The molecular formula is C20H16FNO. The van der Waals surface area contributed by atoms with Crippen molar-refractivity contribution in [3.8, 4) is 5.75 Å². The van der Waals surface area contributed by atoms with Gasteiger partial charge in [-0.15, -0.1) is 0 Å². The lowest BCUT2D eigenvalue weighted by molar-refractivity contribution is 0.306. The summed E-state index contributed by atoms with van der Waals surface area (Å²) in [5.74, 6) is 0.0905. The van der Waals surface area contributed by atoms with E-state index in [9.17, 15) is 4.39 Å². The normalized spacial score (nSPS) is 10.8. The molecule has 23 heavy (non-hydrogen) atoms. The van der Waals surface area contributed by atoms with Crippen LogP contribution in [0, 0.1) is 5.82 Å². The molecule has 0 saturated carbocycles. The molecule has 114 valence electrons. The third kappa shape index (κ3) is 4.27. The smallest absolute Gasteiger partial charge is 0.148 e. The van der Waals surface area contributed by atoms with Gasteiger partial charge in [0, 0.05) is 12.3 Å². The Hall–Kier alpha value is -2.94. The molecule has 0 radical (unpaired) electrons. The predicted molar refractivity (Wildman–Crippen MR) is 90.9 cm³/mol. The van der Waals surface area contributed by atoms with Crippen LogP contribution in [0.15, 0.2) is 83.9 Å². The van der Waals surface area contributed by atoms with Crippen LogP contribution < -0.4 is 4.74 Å². The SMILES string of the molecule is Fc1ccc(N=Cc2ccccc2)c(OCc2ccccc2)c1. The molecule has 0 aliphatic rings. The highest BCUT2D eigenvalue weighted by Gasteiger charge is 2.05. The Morgan fingerprint density at radius 3 is 2.30 bits per heavy atom. The molecule has 0 aliphatic carbocycles. The van der Waals surface area contributed by atoms with Gasteiger partial charge in [-0.3, -0.25) is 4.99 Å². The van der Waals surface area contributed by atoms with E-state index in [-0.39, 0.29) is 5.82 Å². The molecule has 0 saturated heterocycles. The average Bonchev–Trinajstić information content (AvgIpc) is 2.61. The fourth-order valence-electron chi connectivity index (χ4n) is 2.13. The Labute approximate surface area is 134 Å². The quantitative estimate of drug-likeness (QED) is 0.597. The van der Waals surface area contributed by atoms with Crippen LogP contribution in [0.3, 0.4) is 0 Å². The van der Waals surface area contributed by atoms with Gasteiger partial charge in [-0.2, -0.15) is 0 Å². The third-order valence-corrected chi connectivity index (χ3v) is 3.31. The summed E-state index contributed by atoms with van der Waals surface area (Å²) in [6.07, 6.45) is 1.74. The summed E-state index contributed by atoms with van der Waals surface area (Å²) in [5, 5.41) is 0. The van der Waals surface area contributed by atoms with Crippen molar-refractivity contribution >= 4 is 11.9 Å². The molecular weight excluding hydrogens is 289 g/mol. The van der Waals surface area contributed by atoms with Gasteiger partial charge in [0.05, 0.1) is 0 Å². The molecule has 0 fully saturated rings. The molecule has 2 nitrogen and oxygen atoms in total. The van der Waals surface area contributed by atoms with Gasteiger partial charge in [-0.25, -0.2) is 4.39 Å². The monoisotopic (exact) mass is 305 g/mol. The summed E-state index contributed by atoms with van der Waals surface area (Å²) < 4.78 is 19.2. The first-order chi connectivity index (χ1) is 11.3. The number of ether oxygens (including phenoxy) is 1. The highest BCUT2D eigenvalue weighted by molar-refractivity contribution is 5.82. The van der Waals surface area contributed by atoms with Crippen molar-refractivity contribution in [2.75, 3.05) is 0 Å². The third-order valence-electron chi connectivity index (χ3n) is 3.31. The molecule has 0 bridgehead atoms. The number of benzene rings is 3. The minimum Gasteiger partial charge on any atom is -0.487 e.